The summed E-state index contributed by atoms with van der Waals surface area (Å²) in [7, 11) is 0. The molecule has 6 aliphatic rings. The molecule has 0 saturated heterocycles. The van der Waals surface area contributed by atoms with Crippen LogP contribution >= 0.6 is 0 Å². The van der Waals surface area contributed by atoms with E-state index in [-0.39, 0.29) is 47.6 Å². The predicted molar refractivity (Wildman–Crippen MR) is 151 cm³/mol. The van der Waals surface area contributed by atoms with Crippen LogP contribution in [-0.4, -0.2) is 69.1 Å². The highest BCUT2D eigenvalue weighted by atomic mass is 16.6. The Kier molecular flexibility index (Phi) is 6.72. The molecule has 3 unspecified atom stereocenters. The van der Waals surface area contributed by atoms with Crippen LogP contribution in [0.25, 0.3) is 5.76 Å². The molecule has 4 aliphatic carbocycles. The molecule has 1 aromatic rings. The summed E-state index contributed by atoms with van der Waals surface area (Å²) >= 11 is 0. The molecule has 0 radical (unpaired) electrons. The summed E-state index contributed by atoms with van der Waals surface area (Å²) in [5.74, 6) is -0.928. The molecule has 0 aromatic carbocycles. The first-order chi connectivity index (χ1) is 20.5. The van der Waals surface area contributed by atoms with E-state index in [2.05, 4.69) is 11.9 Å². The fourth-order valence-electron chi connectivity index (χ4n) is 8.56. The van der Waals surface area contributed by atoms with Gasteiger partial charge in [0.15, 0.2) is 0 Å². The van der Waals surface area contributed by atoms with Crippen LogP contribution in [-0.2, 0) is 28.5 Å². The Morgan fingerprint density at radius 3 is 2.44 bits per heavy atom. The standard InChI is InChI=1S/C33H41NO9/c1-31-11-10-24(42-29(38)18-8-9-18)32(2,16-40-28(37)17-6-7-17)22(31)14-23(35)33(3)27(31)26(36)25-21(43-33)13-20(41-30(25)39)19-5-4-12-34-15-19/h4-5,12-13,15,17-18,22-24,26-27,30,35-36,39H,6-11,14,16H2,1-3H3/t22?,23-,24-,26-,27?,30?,31-,32-,33+/m0/s1. The van der Waals surface area contributed by atoms with Crippen LogP contribution in [0.4, 0.5) is 0 Å². The van der Waals surface area contributed by atoms with Gasteiger partial charge in [-0.15, -0.1) is 0 Å². The molecule has 3 N–H and O–H groups in total. The van der Waals surface area contributed by atoms with Crippen LogP contribution in [0.5, 0.6) is 0 Å². The van der Waals surface area contributed by atoms with Crippen molar-refractivity contribution in [3.8, 4) is 0 Å². The summed E-state index contributed by atoms with van der Waals surface area (Å²) in [5.41, 5.74) is -1.78. The average Bonchev–Trinajstić information content (AvgIpc) is 3.88. The van der Waals surface area contributed by atoms with Crippen LogP contribution in [0.15, 0.2) is 41.9 Å². The molecule has 4 fully saturated rings. The number of esters is 2. The van der Waals surface area contributed by atoms with E-state index in [4.69, 9.17) is 18.9 Å². The van der Waals surface area contributed by atoms with E-state index in [0.717, 1.165) is 25.7 Å². The lowest BCUT2D eigenvalue weighted by atomic mass is 9.42. The number of allylic oxidation sites excluding steroid dienone is 1. The Hall–Kier alpha value is -2.95. The number of nitrogens with zero attached hydrogens (tertiary/aromatic N) is 1. The second-order valence-electron chi connectivity index (χ2n) is 14.2. The molecule has 2 aliphatic heterocycles. The van der Waals surface area contributed by atoms with Gasteiger partial charge < -0.3 is 34.3 Å². The number of aliphatic hydroxyl groups is 3. The van der Waals surface area contributed by atoms with Gasteiger partial charge in [0.05, 0.1) is 29.6 Å². The Bertz CT molecular complexity index is 1370. The van der Waals surface area contributed by atoms with E-state index < -0.39 is 47.0 Å². The first-order valence-corrected chi connectivity index (χ1v) is 15.6. The van der Waals surface area contributed by atoms with Crippen molar-refractivity contribution in [2.45, 2.75) is 95.9 Å². The van der Waals surface area contributed by atoms with Gasteiger partial charge in [0, 0.05) is 35.4 Å². The van der Waals surface area contributed by atoms with Gasteiger partial charge in [0.2, 0.25) is 6.29 Å². The van der Waals surface area contributed by atoms with E-state index in [0.29, 0.717) is 30.6 Å². The molecule has 0 bridgehead atoms. The maximum atomic E-state index is 12.9. The normalized spacial score (nSPS) is 41.9. The molecule has 0 amide bonds. The molecule has 4 saturated carbocycles. The lowest BCUT2D eigenvalue weighted by Gasteiger charge is -2.66. The predicted octanol–water partition coefficient (Wildman–Crippen LogP) is 3.25. The van der Waals surface area contributed by atoms with E-state index in [1.54, 1.807) is 30.6 Å². The molecule has 10 heteroatoms. The number of hydrogen-bond donors (Lipinski definition) is 3. The number of ether oxygens (including phenoxy) is 4. The van der Waals surface area contributed by atoms with Crippen LogP contribution in [0.3, 0.4) is 0 Å². The lowest BCUT2D eigenvalue weighted by Crippen LogP contribution is -2.71. The third-order valence-corrected chi connectivity index (χ3v) is 11.3. The number of rotatable bonds is 6. The Morgan fingerprint density at radius 1 is 1.05 bits per heavy atom. The van der Waals surface area contributed by atoms with Gasteiger partial charge >= 0.3 is 11.9 Å². The molecular weight excluding hydrogens is 554 g/mol. The molecule has 43 heavy (non-hydrogen) atoms. The maximum Gasteiger partial charge on any atom is 0.309 e. The maximum absolute atomic E-state index is 12.9. The van der Waals surface area contributed by atoms with Crippen molar-refractivity contribution in [3.63, 3.8) is 0 Å². The average molecular weight is 596 g/mol. The highest BCUT2D eigenvalue weighted by Gasteiger charge is 2.70. The zero-order valence-corrected chi connectivity index (χ0v) is 24.9. The fourth-order valence-corrected chi connectivity index (χ4v) is 8.56. The SMILES string of the molecule is C[C@]12CC[C@H](OC(=O)C3CC3)[C@@](C)(COC(=O)C3CC3)C1C[C@H](O)[C@@]1(C)OC3=C(C(O)OC(c4cccnc4)=C3)[C@H](O)C21. The van der Waals surface area contributed by atoms with E-state index in [9.17, 15) is 24.9 Å². The largest absolute Gasteiger partial charge is 0.484 e. The van der Waals surface area contributed by atoms with E-state index in [1.165, 1.54) is 0 Å². The molecule has 10 nitrogen and oxygen atoms in total. The van der Waals surface area contributed by atoms with Crippen LogP contribution in [0, 0.1) is 34.5 Å². The van der Waals surface area contributed by atoms with E-state index in [1.807, 2.05) is 13.8 Å². The minimum atomic E-state index is -1.46. The van der Waals surface area contributed by atoms with Crippen molar-refractivity contribution in [2.75, 3.05) is 6.61 Å². The van der Waals surface area contributed by atoms with Gasteiger partial charge in [0.25, 0.3) is 0 Å². The van der Waals surface area contributed by atoms with E-state index >= 15 is 0 Å². The molecule has 9 atom stereocenters. The minimum Gasteiger partial charge on any atom is -0.484 e. The molecule has 1 aromatic heterocycles. The number of pyridine rings is 1. The molecule has 232 valence electrons. The first kappa shape index (κ1) is 28.8. The zero-order chi connectivity index (χ0) is 30.3. The summed E-state index contributed by atoms with van der Waals surface area (Å²) in [6.07, 6.45) is 5.38. The van der Waals surface area contributed by atoms with Crippen molar-refractivity contribution in [3.05, 3.63) is 47.5 Å². The number of aliphatic hydroxyl groups excluding tert-OH is 3. The topological polar surface area (TPSA) is 145 Å². The number of aromatic nitrogens is 1. The van der Waals surface area contributed by atoms with Crippen LogP contribution in [0.2, 0.25) is 0 Å². The number of hydrogen-bond acceptors (Lipinski definition) is 10. The molecule has 3 heterocycles. The van der Waals surface area contributed by atoms with Gasteiger partial charge in [-0.1, -0.05) is 13.8 Å². The summed E-state index contributed by atoms with van der Waals surface area (Å²) in [4.78, 5) is 29.7. The van der Waals surface area contributed by atoms with Gasteiger partial charge in [0.1, 0.15) is 29.8 Å². The van der Waals surface area contributed by atoms with Crippen molar-refractivity contribution < 1.29 is 43.9 Å². The smallest absolute Gasteiger partial charge is 0.309 e. The number of carbonyl (C=O) groups excluding carboxylic acids is 2. The quantitative estimate of drug-likeness (QED) is 0.419. The lowest BCUT2D eigenvalue weighted by molar-refractivity contribution is -0.277. The van der Waals surface area contributed by atoms with Crippen LogP contribution in [0.1, 0.15) is 71.3 Å². The summed E-state index contributed by atoms with van der Waals surface area (Å²) < 4.78 is 24.5. The van der Waals surface area contributed by atoms with Gasteiger partial charge in [-0.2, -0.15) is 0 Å². The highest BCUT2D eigenvalue weighted by molar-refractivity contribution is 5.75. The summed E-state index contributed by atoms with van der Waals surface area (Å²) in [5, 5.41) is 35.1. The monoisotopic (exact) mass is 595 g/mol. The number of fused-ring (bicyclic) bond motifs is 3. The summed E-state index contributed by atoms with van der Waals surface area (Å²) in [6.45, 7) is 5.93. The molecular formula is C33H41NO9. The van der Waals surface area contributed by atoms with Crippen molar-refractivity contribution in [2.24, 2.45) is 34.5 Å². The highest BCUT2D eigenvalue weighted by Crippen LogP contribution is 2.66. The number of carbonyl (C=O) groups is 2. The Morgan fingerprint density at radius 2 is 1.77 bits per heavy atom. The van der Waals surface area contributed by atoms with Gasteiger partial charge in [-0.05, 0) is 75.3 Å². The first-order valence-electron chi connectivity index (χ1n) is 15.6. The third-order valence-electron chi connectivity index (χ3n) is 11.3. The summed E-state index contributed by atoms with van der Waals surface area (Å²) in [6, 6.07) is 3.56. The van der Waals surface area contributed by atoms with Crippen molar-refractivity contribution in [1.82, 2.24) is 4.98 Å². The third kappa shape index (κ3) is 4.59. The molecule has 0 spiro atoms. The van der Waals surface area contributed by atoms with Crippen molar-refractivity contribution in [1.29, 1.82) is 0 Å². The van der Waals surface area contributed by atoms with Crippen LogP contribution < -0.4 is 0 Å². The van der Waals surface area contributed by atoms with Gasteiger partial charge in [-0.25, -0.2) is 0 Å². The zero-order valence-electron chi connectivity index (χ0n) is 24.9. The Labute approximate surface area is 251 Å². The molecule has 7 rings (SSSR count). The van der Waals surface area contributed by atoms with Crippen molar-refractivity contribution >= 4 is 17.7 Å². The Balaban J connectivity index is 1.25. The van der Waals surface area contributed by atoms with Gasteiger partial charge in [-0.3, -0.25) is 14.6 Å². The second kappa shape index (κ2) is 10.0. The fraction of sp³-hybridized carbons (Fsp3) is 0.667. The second-order valence-corrected chi connectivity index (χ2v) is 14.2. The minimum absolute atomic E-state index is 0.0508.